The Morgan fingerprint density at radius 2 is 1.67 bits per heavy atom. The summed E-state index contributed by atoms with van der Waals surface area (Å²) in [5.41, 5.74) is 0. The van der Waals surface area contributed by atoms with Crippen molar-refractivity contribution in [2.45, 2.75) is 6.10 Å². The molecule has 9 heavy (non-hydrogen) atoms. The smallest absolute Gasteiger partial charge is 0.154 e. The van der Waals surface area contributed by atoms with Crippen molar-refractivity contribution in [3.05, 3.63) is 9.71 Å². The molecule has 0 amide bonds. The van der Waals surface area contributed by atoms with Crippen LogP contribution in [0, 0.1) is 9.71 Å². The van der Waals surface area contributed by atoms with Gasteiger partial charge in [0.15, 0.2) is 4.75 Å². The predicted octanol–water partition coefficient (Wildman–Crippen LogP) is -2.79. The Bertz CT molecular complexity index is 50.3. The third-order valence-electron chi connectivity index (χ3n) is 0.421. The molecule has 0 aromatic heterocycles. The van der Waals surface area contributed by atoms with E-state index in [9.17, 15) is 0 Å². The summed E-state index contributed by atoms with van der Waals surface area (Å²) in [6, 6.07) is 0. The SMILES string of the molecule is O=[O+][O-].OCC(O)CO. The Labute approximate surface area is 50.8 Å². The van der Waals surface area contributed by atoms with Crippen LogP contribution in [-0.4, -0.2) is 34.6 Å². The fourth-order valence-corrected chi connectivity index (χ4v) is 0.0577. The van der Waals surface area contributed by atoms with E-state index >= 15 is 0 Å². The molecule has 0 saturated heterocycles. The van der Waals surface area contributed by atoms with E-state index in [0.29, 0.717) is 0 Å². The number of hydrogen-bond acceptors (Lipinski definition) is 5. The van der Waals surface area contributed by atoms with E-state index in [4.69, 9.17) is 25.5 Å². The second-order valence-electron chi connectivity index (χ2n) is 1.09. The fourth-order valence-electron chi connectivity index (χ4n) is 0.0577. The van der Waals surface area contributed by atoms with Crippen LogP contribution in [0.5, 0.6) is 0 Å². The van der Waals surface area contributed by atoms with Gasteiger partial charge in [-0.3, -0.25) is 0 Å². The Hall–Kier alpha value is -0.720. The summed E-state index contributed by atoms with van der Waals surface area (Å²) in [5.74, 6) is 0. The largest absolute Gasteiger partial charge is 0.394 e. The molecule has 0 radical (unpaired) electrons. The molecule has 0 unspecified atom stereocenters. The molecule has 6 heteroatoms. The van der Waals surface area contributed by atoms with Gasteiger partial charge in [-0.05, 0) is 0 Å². The molecule has 0 aromatic rings. The molecular formula is C3H8O6. The Morgan fingerprint density at radius 1 is 1.44 bits per heavy atom. The van der Waals surface area contributed by atoms with Crippen LogP contribution in [0.3, 0.4) is 0 Å². The van der Waals surface area contributed by atoms with Crippen molar-refractivity contribution in [3.8, 4) is 0 Å². The van der Waals surface area contributed by atoms with Crippen molar-refractivity contribution in [1.82, 2.24) is 0 Å². The van der Waals surface area contributed by atoms with Gasteiger partial charge in [-0.2, -0.15) is 0 Å². The quantitative estimate of drug-likeness (QED) is 0.218. The van der Waals surface area contributed by atoms with E-state index in [1.54, 1.807) is 4.75 Å². The van der Waals surface area contributed by atoms with Gasteiger partial charge >= 0.3 is 0 Å². The molecule has 0 heterocycles. The molecule has 0 bridgehead atoms. The second kappa shape index (κ2) is 10.3. The van der Waals surface area contributed by atoms with Crippen molar-refractivity contribution in [2.24, 2.45) is 0 Å². The van der Waals surface area contributed by atoms with Crippen LogP contribution in [-0.2, 0) is 0 Å². The van der Waals surface area contributed by atoms with Crippen LogP contribution in [0.15, 0.2) is 0 Å². The molecule has 56 valence electrons. The lowest BCUT2D eigenvalue weighted by Crippen LogP contribution is -2.15. The lowest BCUT2D eigenvalue weighted by atomic mass is 10.4. The van der Waals surface area contributed by atoms with Crippen molar-refractivity contribution in [3.63, 3.8) is 0 Å². The van der Waals surface area contributed by atoms with Crippen LogP contribution in [0.2, 0.25) is 0 Å². The van der Waals surface area contributed by atoms with E-state index in [-0.39, 0.29) is 13.2 Å². The minimum absolute atomic E-state index is 0.365. The summed E-state index contributed by atoms with van der Waals surface area (Å²) in [5, 5.41) is 31.9. The van der Waals surface area contributed by atoms with Crippen molar-refractivity contribution in [1.29, 1.82) is 0 Å². The summed E-state index contributed by atoms with van der Waals surface area (Å²) in [6.07, 6.45) is -0.954. The molecule has 6 nitrogen and oxygen atoms in total. The normalized spacial score (nSPS) is 8.00. The Morgan fingerprint density at radius 3 is 1.67 bits per heavy atom. The first-order valence-corrected chi connectivity index (χ1v) is 2.04. The highest BCUT2D eigenvalue weighted by atomic mass is 17.2. The molecule has 0 aliphatic rings. The van der Waals surface area contributed by atoms with E-state index in [1.165, 1.54) is 0 Å². The highest BCUT2D eigenvalue weighted by Gasteiger charge is 1.93. The first-order chi connectivity index (χ1) is 4.22. The van der Waals surface area contributed by atoms with E-state index in [2.05, 4.69) is 0 Å². The number of rotatable bonds is 2. The standard InChI is InChI=1S/C3H8O3.O3/c4-1-3(6)2-5;1-3-2/h3-6H,1-2H2;. The number of hydrogen-bond donors (Lipinski definition) is 3. The molecule has 3 N–H and O–H groups in total. The van der Waals surface area contributed by atoms with E-state index < -0.39 is 6.10 Å². The summed E-state index contributed by atoms with van der Waals surface area (Å²) >= 11 is 0. The molecular weight excluding hydrogens is 132 g/mol. The zero-order valence-corrected chi connectivity index (χ0v) is 4.56. The average molecular weight is 140 g/mol. The number of aliphatic hydroxyl groups is 3. The third-order valence-corrected chi connectivity index (χ3v) is 0.421. The average Bonchev–Trinajstić information content (AvgIpc) is 1.88. The second-order valence-corrected chi connectivity index (χ2v) is 1.09. The van der Waals surface area contributed by atoms with Gasteiger partial charge in [0.25, 0.3) is 0 Å². The fraction of sp³-hybridized carbons (Fsp3) is 1.00. The van der Waals surface area contributed by atoms with Crippen LogP contribution in [0.25, 0.3) is 0 Å². The zero-order chi connectivity index (χ0) is 7.70. The van der Waals surface area contributed by atoms with Gasteiger partial charge in [0, 0.05) is 0 Å². The topological polar surface area (TPSA) is 112 Å². The molecule has 0 atom stereocenters. The maximum Gasteiger partial charge on any atom is 0.154 e. The lowest BCUT2D eigenvalue weighted by Gasteiger charge is -1.96. The van der Waals surface area contributed by atoms with Gasteiger partial charge in [-0.1, -0.05) is 10.2 Å². The Balaban J connectivity index is 0. The maximum atomic E-state index is 8.17. The highest BCUT2D eigenvalue weighted by Crippen LogP contribution is 1.71. The summed E-state index contributed by atoms with van der Waals surface area (Å²) in [4.78, 5) is 7.88. The minimum Gasteiger partial charge on any atom is -0.394 e. The van der Waals surface area contributed by atoms with Gasteiger partial charge in [0.1, 0.15) is 6.10 Å². The first-order valence-electron chi connectivity index (χ1n) is 2.04. The summed E-state index contributed by atoms with van der Waals surface area (Å²) in [6.45, 7) is -0.729. The highest BCUT2D eigenvalue weighted by molar-refractivity contribution is 4.43. The predicted molar refractivity (Wildman–Crippen MR) is 26.9 cm³/mol. The van der Waals surface area contributed by atoms with E-state index in [0.717, 1.165) is 0 Å². The monoisotopic (exact) mass is 140 g/mol. The van der Waals surface area contributed by atoms with Crippen LogP contribution >= 0.6 is 0 Å². The molecule has 0 saturated carbocycles. The van der Waals surface area contributed by atoms with Crippen LogP contribution in [0.4, 0.5) is 0 Å². The van der Waals surface area contributed by atoms with Gasteiger partial charge in [0.05, 0.1) is 13.2 Å². The first kappa shape index (κ1) is 11.1. The van der Waals surface area contributed by atoms with Crippen molar-refractivity contribution < 1.29 is 20.6 Å². The van der Waals surface area contributed by atoms with Gasteiger partial charge < -0.3 is 15.3 Å². The van der Waals surface area contributed by atoms with Gasteiger partial charge in [-0.15, -0.1) is 0 Å². The third kappa shape index (κ3) is 18.9. The summed E-state index contributed by atoms with van der Waals surface area (Å²) in [7, 11) is 0. The lowest BCUT2D eigenvalue weighted by molar-refractivity contribution is -0.284. The van der Waals surface area contributed by atoms with Crippen LogP contribution in [0.1, 0.15) is 0 Å². The Kier molecular flexibility index (Phi) is 12.7. The maximum absolute atomic E-state index is 8.17. The van der Waals surface area contributed by atoms with Crippen molar-refractivity contribution >= 4 is 0 Å². The molecule has 0 fully saturated rings. The molecule has 0 rings (SSSR count). The number of aliphatic hydroxyl groups excluding tert-OH is 3. The minimum atomic E-state index is -0.954. The van der Waals surface area contributed by atoms with Gasteiger partial charge in [-0.25, -0.2) is 0 Å². The molecule has 0 spiro atoms. The van der Waals surface area contributed by atoms with Gasteiger partial charge in [0.2, 0.25) is 0 Å². The van der Waals surface area contributed by atoms with Crippen LogP contribution < -0.4 is 5.26 Å². The summed E-state index contributed by atoms with van der Waals surface area (Å²) < 4.78 is 1.75. The molecule has 0 aliphatic heterocycles. The molecule has 0 aromatic carbocycles. The zero-order valence-electron chi connectivity index (χ0n) is 4.56. The van der Waals surface area contributed by atoms with Crippen molar-refractivity contribution in [2.75, 3.05) is 13.2 Å². The van der Waals surface area contributed by atoms with E-state index in [1.807, 2.05) is 0 Å². The molecule has 0 aliphatic carbocycles.